The Bertz CT molecular complexity index is 352. The molecule has 0 amide bonds. The number of Topliss-reactive ketones (excluding diaryl/α,β-unsaturated/α-hetero) is 1. The van der Waals surface area contributed by atoms with Crippen LogP contribution in [0.5, 0.6) is 0 Å². The Hall–Kier alpha value is -1.44. The van der Waals surface area contributed by atoms with Gasteiger partial charge in [-0.05, 0) is 13.8 Å². The summed E-state index contributed by atoms with van der Waals surface area (Å²) in [6, 6.07) is 9.79. The molecule has 0 radical (unpaired) electrons. The third kappa shape index (κ3) is 3.31. The van der Waals surface area contributed by atoms with Gasteiger partial charge in [0.1, 0.15) is 5.71 Å². The van der Waals surface area contributed by atoms with Crippen molar-refractivity contribution in [2.45, 2.75) is 33.2 Å². The maximum Gasteiger partial charge on any atom is 0.181 e. The Morgan fingerprint density at radius 3 is 2.33 bits per heavy atom. The number of carbonyl (C=O) groups excluding carboxylic acids is 1. The van der Waals surface area contributed by atoms with E-state index in [4.69, 9.17) is 0 Å². The van der Waals surface area contributed by atoms with E-state index >= 15 is 0 Å². The molecule has 2 heteroatoms. The molecule has 0 N–H and O–H groups in total. The van der Waals surface area contributed by atoms with E-state index in [1.54, 1.807) is 0 Å². The van der Waals surface area contributed by atoms with Crippen LogP contribution in [0.1, 0.15) is 32.8 Å². The zero-order valence-electron chi connectivity index (χ0n) is 9.53. The van der Waals surface area contributed by atoms with Crippen molar-refractivity contribution in [3.63, 3.8) is 0 Å². The van der Waals surface area contributed by atoms with Gasteiger partial charge >= 0.3 is 0 Å². The van der Waals surface area contributed by atoms with E-state index in [0.29, 0.717) is 12.1 Å². The summed E-state index contributed by atoms with van der Waals surface area (Å²) >= 11 is 0. The molecule has 1 aromatic rings. The topological polar surface area (TPSA) is 29.4 Å². The van der Waals surface area contributed by atoms with Crippen molar-refractivity contribution < 1.29 is 4.79 Å². The second-order valence-electron chi connectivity index (χ2n) is 3.71. The molecule has 80 valence electrons. The van der Waals surface area contributed by atoms with Crippen LogP contribution in [0.4, 0.5) is 0 Å². The van der Waals surface area contributed by atoms with Crippen molar-refractivity contribution in [1.82, 2.24) is 0 Å². The van der Waals surface area contributed by atoms with E-state index < -0.39 is 0 Å². The van der Waals surface area contributed by atoms with E-state index in [-0.39, 0.29) is 11.8 Å². The lowest BCUT2D eigenvalue weighted by molar-refractivity contribution is -0.112. The second-order valence-corrected chi connectivity index (χ2v) is 3.71. The number of carbonyl (C=O) groups is 1. The molecule has 0 fully saturated rings. The summed E-state index contributed by atoms with van der Waals surface area (Å²) < 4.78 is 0. The summed E-state index contributed by atoms with van der Waals surface area (Å²) in [6.07, 6.45) is 0.500. The highest BCUT2D eigenvalue weighted by molar-refractivity contribution is 6.46. The summed E-state index contributed by atoms with van der Waals surface area (Å²) in [5, 5.41) is 0. The van der Waals surface area contributed by atoms with Crippen LogP contribution in [0.15, 0.2) is 35.3 Å². The molecule has 0 bridgehead atoms. The summed E-state index contributed by atoms with van der Waals surface area (Å²) in [6.45, 7) is 5.82. The summed E-state index contributed by atoms with van der Waals surface area (Å²) in [5.41, 5.74) is 1.52. The van der Waals surface area contributed by atoms with Gasteiger partial charge < -0.3 is 0 Å². The number of nitrogens with zero attached hydrogens (tertiary/aromatic N) is 1. The SMILES string of the molecule is CCC(=O)C(=NC(C)C)c1ccccc1. The van der Waals surface area contributed by atoms with Gasteiger partial charge in [-0.3, -0.25) is 9.79 Å². The lowest BCUT2D eigenvalue weighted by Crippen LogP contribution is -2.16. The Labute approximate surface area is 91.0 Å². The van der Waals surface area contributed by atoms with E-state index in [2.05, 4.69) is 4.99 Å². The van der Waals surface area contributed by atoms with E-state index in [1.165, 1.54) is 0 Å². The number of benzene rings is 1. The Balaban J connectivity index is 3.08. The van der Waals surface area contributed by atoms with Crippen LogP contribution in [0.25, 0.3) is 0 Å². The molecule has 0 saturated carbocycles. The monoisotopic (exact) mass is 203 g/mol. The molecule has 0 unspecified atom stereocenters. The van der Waals surface area contributed by atoms with Gasteiger partial charge in [0.25, 0.3) is 0 Å². The molecule has 0 aliphatic carbocycles. The highest BCUT2D eigenvalue weighted by atomic mass is 16.1. The number of hydrogen-bond acceptors (Lipinski definition) is 2. The fourth-order valence-electron chi connectivity index (χ4n) is 1.33. The largest absolute Gasteiger partial charge is 0.292 e. The number of aliphatic imine (C=N–C) groups is 1. The molecule has 0 aliphatic heterocycles. The molecule has 0 saturated heterocycles. The van der Waals surface area contributed by atoms with Gasteiger partial charge in [0, 0.05) is 18.0 Å². The number of hydrogen-bond donors (Lipinski definition) is 0. The van der Waals surface area contributed by atoms with Crippen molar-refractivity contribution in [3.8, 4) is 0 Å². The first-order valence-electron chi connectivity index (χ1n) is 5.31. The Morgan fingerprint density at radius 2 is 1.87 bits per heavy atom. The van der Waals surface area contributed by atoms with Crippen molar-refractivity contribution in [1.29, 1.82) is 0 Å². The van der Waals surface area contributed by atoms with E-state index in [9.17, 15) is 4.79 Å². The first-order chi connectivity index (χ1) is 7.15. The van der Waals surface area contributed by atoms with Crippen LogP contribution < -0.4 is 0 Å². The highest BCUT2D eigenvalue weighted by Gasteiger charge is 2.11. The quantitative estimate of drug-likeness (QED) is 0.692. The third-order valence-electron chi connectivity index (χ3n) is 2.02. The molecule has 0 aromatic heterocycles. The van der Waals surface area contributed by atoms with Gasteiger partial charge in [-0.15, -0.1) is 0 Å². The minimum absolute atomic E-state index is 0.106. The van der Waals surface area contributed by atoms with Crippen LogP contribution in [0, 0.1) is 0 Å². The fourth-order valence-corrected chi connectivity index (χ4v) is 1.33. The summed E-state index contributed by atoms with van der Waals surface area (Å²) in [4.78, 5) is 16.1. The first kappa shape index (κ1) is 11.6. The highest BCUT2D eigenvalue weighted by Crippen LogP contribution is 2.06. The number of ketones is 1. The average Bonchev–Trinajstić information content (AvgIpc) is 2.26. The van der Waals surface area contributed by atoms with Crippen molar-refractivity contribution >= 4 is 11.5 Å². The molecule has 1 rings (SSSR count). The summed E-state index contributed by atoms with van der Waals surface area (Å²) in [5.74, 6) is 0.106. The summed E-state index contributed by atoms with van der Waals surface area (Å²) in [7, 11) is 0. The van der Waals surface area contributed by atoms with Crippen LogP contribution in [-0.2, 0) is 4.79 Å². The van der Waals surface area contributed by atoms with Gasteiger partial charge in [-0.25, -0.2) is 0 Å². The minimum atomic E-state index is 0.106. The lowest BCUT2D eigenvalue weighted by atomic mass is 10.0. The lowest BCUT2D eigenvalue weighted by Gasteiger charge is -2.06. The van der Waals surface area contributed by atoms with Gasteiger partial charge in [0.2, 0.25) is 0 Å². The van der Waals surface area contributed by atoms with Crippen molar-refractivity contribution in [3.05, 3.63) is 35.9 Å². The van der Waals surface area contributed by atoms with Gasteiger partial charge in [-0.2, -0.15) is 0 Å². The zero-order valence-corrected chi connectivity index (χ0v) is 9.53. The Kier molecular flexibility index (Phi) is 4.22. The van der Waals surface area contributed by atoms with Gasteiger partial charge in [0.05, 0.1) is 0 Å². The maximum atomic E-state index is 11.7. The second kappa shape index (κ2) is 5.44. The predicted octanol–water partition coefficient (Wildman–Crippen LogP) is 2.86. The maximum absolute atomic E-state index is 11.7. The molecule has 15 heavy (non-hydrogen) atoms. The molecule has 0 atom stereocenters. The minimum Gasteiger partial charge on any atom is -0.292 e. The average molecular weight is 203 g/mol. The van der Waals surface area contributed by atoms with Crippen molar-refractivity contribution in [2.24, 2.45) is 4.99 Å². The molecule has 0 heterocycles. The fraction of sp³-hybridized carbons (Fsp3) is 0.385. The van der Waals surface area contributed by atoms with Gasteiger partial charge in [-0.1, -0.05) is 37.3 Å². The first-order valence-corrected chi connectivity index (χ1v) is 5.31. The molecule has 2 nitrogen and oxygen atoms in total. The Morgan fingerprint density at radius 1 is 1.27 bits per heavy atom. The van der Waals surface area contributed by atoms with Crippen LogP contribution >= 0.6 is 0 Å². The van der Waals surface area contributed by atoms with E-state index in [1.807, 2.05) is 51.1 Å². The smallest absolute Gasteiger partial charge is 0.181 e. The normalized spacial score (nSPS) is 11.9. The zero-order chi connectivity index (χ0) is 11.3. The van der Waals surface area contributed by atoms with E-state index in [0.717, 1.165) is 5.56 Å². The van der Waals surface area contributed by atoms with Crippen LogP contribution in [0.3, 0.4) is 0 Å². The van der Waals surface area contributed by atoms with Crippen LogP contribution in [-0.4, -0.2) is 17.5 Å². The van der Waals surface area contributed by atoms with Crippen molar-refractivity contribution in [2.75, 3.05) is 0 Å². The molecular weight excluding hydrogens is 186 g/mol. The standard InChI is InChI=1S/C13H17NO/c1-4-12(15)13(14-10(2)3)11-8-6-5-7-9-11/h5-10H,4H2,1-3H3. The molecule has 0 spiro atoms. The molecular formula is C13H17NO. The molecule has 1 aromatic carbocycles. The third-order valence-corrected chi connectivity index (χ3v) is 2.02. The number of rotatable bonds is 4. The predicted molar refractivity (Wildman–Crippen MR) is 63.4 cm³/mol. The molecule has 0 aliphatic rings. The van der Waals surface area contributed by atoms with Crippen LogP contribution in [0.2, 0.25) is 0 Å². The van der Waals surface area contributed by atoms with Gasteiger partial charge in [0.15, 0.2) is 5.78 Å².